The number of carbonyl (C=O) groups excluding carboxylic acids is 1. The lowest BCUT2D eigenvalue weighted by Gasteiger charge is -2.22. The van der Waals surface area contributed by atoms with Crippen molar-refractivity contribution in [3.05, 3.63) is 30.2 Å². The van der Waals surface area contributed by atoms with Gasteiger partial charge >= 0.3 is 6.03 Å². The van der Waals surface area contributed by atoms with Gasteiger partial charge in [0.2, 0.25) is 0 Å². The lowest BCUT2D eigenvalue weighted by molar-refractivity contribution is 0.228. The molecule has 6 heteroatoms. The topological polar surface area (TPSA) is 71.3 Å². The Hall–Kier alpha value is -2.11. The van der Waals surface area contributed by atoms with Crippen LogP contribution < -0.4 is 10.6 Å². The molecule has 0 bridgehead atoms. The fourth-order valence-corrected chi connectivity index (χ4v) is 3.77. The van der Waals surface area contributed by atoms with Crippen molar-refractivity contribution < 1.29 is 4.79 Å². The second-order valence-corrected chi connectivity index (χ2v) is 7.90. The van der Waals surface area contributed by atoms with Crippen LogP contribution in [0.15, 0.2) is 24.4 Å². The van der Waals surface area contributed by atoms with Gasteiger partial charge in [-0.1, -0.05) is 19.9 Å². The summed E-state index contributed by atoms with van der Waals surface area (Å²) >= 11 is 0. The van der Waals surface area contributed by atoms with Gasteiger partial charge in [-0.2, -0.15) is 0 Å². The summed E-state index contributed by atoms with van der Waals surface area (Å²) in [6, 6.07) is 5.54. The number of nitrogens with zero attached hydrogens (tertiary/aromatic N) is 3. The SMILES string of the molecule is CC(C)[C@H](NC(=O)NCC(C1CC1)C1CC1)c1nnc2ccccn12. The summed E-state index contributed by atoms with van der Waals surface area (Å²) in [4.78, 5) is 12.5. The standard InChI is InChI=1S/C19H27N5O/c1-12(2)17(18-23-22-16-5-3-4-10-24(16)18)21-19(25)20-11-15(13-6-7-13)14-8-9-14/h3-5,10,12-15,17H,6-9,11H2,1-2H3,(H2,20,21,25)/t17-/m0/s1. The summed E-state index contributed by atoms with van der Waals surface area (Å²) in [6.45, 7) is 4.98. The van der Waals surface area contributed by atoms with Gasteiger partial charge in [-0.15, -0.1) is 10.2 Å². The molecule has 0 saturated heterocycles. The highest BCUT2D eigenvalue weighted by molar-refractivity contribution is 5.74. The molecule has 0 spiro atoms. The first kappa shape index (κ1) is 16.4. The lowest BCUT2D eigenvalue weighted by atomic mass is 9.98. The molecule has 2 saturated carbocycles. The van der Waals surface area contributed by atoms with Crippen molar-refractivity contribution in [2.24, 2.45) is 23.7 Å². The van der Waals surface area contributed by atoms with E-state index in [1.807, 2.05) is 28.8 Å². The number of hydrogen-bond donors (Lipinski definition) is 2. The number of hydrogen-bond acceptors (Lipinski definition) is 3. The Morgan fingerprint density at radius 2 is 1.92 bits per heavy atom. The summed E-state index contributed by atoms with van der Waals surface area (Å²) in [6.07, 6.45) is 7.29. The molecule has 25 heavy (non-hydrogen) atoms. The van der Waals surface area contributed by atoms with Gasteiger partial charge in [0.05, 0.1) is 6.04 Å². The molecule has 1 atom stereocenters. The molecular weight excluding hydrogens is 314 g/mol. The van der Waals surface area contributed by atoms with Gasteiger partial charge in [0.1, 0.15) is 0 Å². The number of rotatable bonds is 7. The maximum atomic E-state index is 12.5. The fourth-order valence-electron chi connectivity index (χ4n) is 3.77. The van der Waals surface area contributed by atoms with Crippen LogP contribution in [0.2, 0.25) is 0 Å². The molecule has 2 aliphatic carbocycles. The van der Waals surface area contributed by atoms with E-state index in [2.05, 4.69) is 34.7 Å². The molecule has 0 radical (unpaired) electrons. The van der Waals surface area contributed by atoms with Crippen LogP contribution in [0.25, 0.3) is 5.65 Å². The first-order chi connectivity index (χ1) is 12.1. The van der Waals surface area contributed by atoms with Crippen LogP contribution in [-0.4, -0.2) is 27.2 Å². The summed E-state index contributed by atoms with van der Waals surface area (Å²) in [7, 11) is 0. The third-order valence-corrected chi connectivity index (χ3v) is 5.52. The number of carbonyl (C=O) groups is 1. The first-order valence-corrected chi connectivity index (χ1v) is 9.47. The molecule has 0 aliphatic heterocycles. The Balaban J connectivity index is 1.41. The van der Waals surface area contributed by atoms with E-state index in [-0.39, 0.29) is 18.0 Å². The van der Waals surface area contributed by atoms with Crippen molar-refractivity contribution in [1.29, 1.82) is 0 Å². The van der Waals surface area contributed by atoms with Gasteiger partial charge < -0.3 is 10.6 Å². The smallest absolute Gasteiger partial charge is 0.315 e. The third-order valence-electron chi connectivity index (χ3n) is 5.52. The molecule has 2 heterocycles. The predicted molar refractivity (Wildman–Crippen MR) is 96.0 cm³/mol. The van der Waals surface area contributed by atoms with E-state index in [0.717, 1.165) is 29.9 Å². The van der Waals surface area contributed by atoms with Crippen LogP contribution in [0, 0.1) is 23.7 Å². The van der Waals surface area contributed by atoms with E-state index in [4.69, 9.17) is 0 Å². The maximum absolute atomic E-state index is 12.5. The fraction of sp³-hybridized carbons (Fsp3) is 0.632. The largest absolute Gasteiger partial charge is 0.338 e. The Bertz CT molecular complexity index is 735. The van der Waals surface area contributed by atoms with Gasteiger partial charge in [0, 0.05) is 12.7 Å². The molecule has 2 aliphatic rings. The third kappa shape index (κ3) is 3.62. The van der Waals surface area contributed by atoms with E-state index < -0.39 is 0 Å². The Morgan fingerprint density at radius 1 is 1.20 bits per heavy atom. The Labute approximate surface area is 148 Å². The van der Waals surface area contributed by atoms with Crippen LogP contribution in [0.1, 0.15) is 51.4 Å². The van der Waals surface area contributed by atoms with Gasteiger partial charge in [0.25, 0.3) is 0 Å². The molecule has 2 fully saturated rings. The van der Waals surface area contributed by atoms with Crippen LogP contribution in [0.5, 0.6) is 0 Å². The summed E-state index contributed by atoms with van der Waals surface area (Å²) in [5.41, 5.74) is 0.799. The molecule has 134 valence electrons. The zero-order valence-corrected chi connectivity index (χ0v) is 15.0. The zero-order chi connectivity index (χ0) is 17.4. The molecule has 2 aromatic rings. The van der Waals surface area contributed by atoms with Crippen molar-refractivity contribution in [1.82, 2.24) is 25.2 Å². The predicted octanol–water partition coefficient (Wildman–Crippen LogP) is 3.16. The van der Waals surface area contributed by atoms with Crippen LogP contribution in [0.4, 0.5) is 4.79 Å². The van der Waals surface area contributed by atoms with Crippen LogP contribution in [-0.2, 0) is 0 Å². The van der Waals surface area contributed by atoms with Crippen molar-refractivity contribution in [3.63, 3.8) is 0 Å². The van der Waals surface area contributed by atoms with Crippen LogP contribution in [0.3, 0.4) is 0 Å². The monoisotopic (exact) mass is 341 g/mol. The highest BCUT2D eigenvalue weighted by atomic mass is 16.2. The Kier molecular flexibility index (Phi) is 4.36. The molecular formula is C19H27N5O. The molecule has 2 amide bonds. The second kappa shape index (κ2) is 6.65. The van der Waals surface area contributed by atoms with E-state index >= 15 is 0 Å². The van der Waals surface area contributed by atoms with Crippen molar-refractivity contribution in [3.8, 4) is 0 Å². The normalized spacial score (nSPS) is 18.7. The summed E-state index contributed by atoms with van der Waals surface area (Å²) in [5.74, 6) is 3.36. The van der Waals surface area contributed by atoms with Gasteiger partial charge in [-0.05, 0) is 61.5 Å². The minimum absolute atomic E-state index is 0.0994. The van der Waals surface area contributed by atoms with Crippen molar-refractivity contribution in [2.75, 3.05) is 6.54 Å². The molecule has 2 N–H and O–H groups in total. The van der Waals surface area contributed by atoms with Gasteiger partial charge in [-0.3, -0.25) is 4.40 Å². The van der Waals surface area contributed by atoms with E-state index in [0.29, 0.717) is 5.92 Å². The average Bonchev–Trinajstić information content (AvgIpc) is 3.52. The number of fused-ring (bicyclic) bond motifs is 1. The second-order valence-electron chi connectivity index (χ2n) is 7.90. The minimum Gasteiger partial charge on any atom is -0.338 e. The van der Waals surface area contributed by atoms with Gasteiger partial charge in [-0.25, -0.2) is 4.79 Å². The number of nitrogens with one attached hydrogen (secondary N) is 2. The lowest BCUT2D eigenvalue weighted by Crippen LogP contribution is -2.42. The number of urea groups is 1. The van der Waals surface area contributed by atoms with E-state index in [1.165, 1.54) is 25.7 Å². The average molecular weight is 341 g/mol. The van der Waals surface area contributed by atoms with Crippen molar-refractivity contribution in [2.45, 2.75) is 45.6 Å². The zero-order valence-electron chi connectivity index (χ0n) is 15.0. The van der Waals surface area contributed by atoms with Gasteiger partial charge in [0.15, 0.2) is 11.5 Å². The number of pyridine rings is 1. The molecule has 0 unspecified atom stereocenters. The van der Waals surface area contributed by atoms with E-state index in [9.17, 15) is 4.79 Å². The molecule has 2 aromatic heterocycles. The maximum Gasteiger partial charge on any atom is 0.315 e. The molecule has 6 nitrogen and oxygen atoms in total. The number of aromatic nitrogens is 3. The molecule has 4 rings (SSSR count). The number of amides is 2. The van der Waals surface area contributed by atoms with E-state index in [1.54, 1.807) is 0 Å². The molecule has 0 aromatic carbocycles. The first-order valence-electron chi connectivity index (χ1n) is 9.47. The Morgan fingerprint density at radius 3 is 2.56 bits per heavy atom. The highest BCUT2D eigenvalue weighted by Crippen LogP contribution is 2.48. The summed E-state index contributed by atoms with van der Waals surface area (Å²) in [5, 5.41) is 14.7. The van der Waals surface area contributed by atoms with Crippen molar-refractivity contribution >= 4 is 11.7 Å². The highest BCUT2D eigenvalue weighted by Gasteiger charge is 2.41. The van der Waals surface area contributed by atoms with Crippen LogP contribution >= 0.6 is 0 Å². The quantitative estimate of drug-likeness (QED) is 0.812. The summed E-state index contributed by atoms with van der Waals surface area (Å²) < 4.78 is 1.95. The minimum atomic E-state index is -0.169.